The lowest BCUT2D eigenvalue weighted by Crippen LogP contribution is -2.47. The predicted octanol–water partition coefficient (Wildman–Crippen LogP) is 4.70. The number of hydrogen-bond acceptors (Lipinski definition) is 10. The van der Waals surface area contributed by atoms with Gasteiger partial charge in [-0.1, -0.05) is 48.5 Å². The van der Waals surface area contributed by atoms with Gasteiger partial charge in [0.1, 0.15) is 29.9 Å². The van der Waals surface area contributed by atoms with Gasteiger partial charge < -0.3 is 29.7 Å². The number of fused-ring (bicyclic) bond motifs is 3. The quantitative estimate of drug-likeness (QED) is 0.222. The molecular weight excluding hydrogens is 646 g/mol. The fraction of sp³-hybridized carbons (Fsp3) is 0.514. The minimum Gasteiger partial charge on any atom is -0.458 e. The summed E-state index contributed by atoms with van der Waals surface area (Å²) in [6.07, 6.45) is -0.907. The SMILES string of the molecule is CC(C)(C)OC(=O)[C@@H](CCC(=O)ON1CCCC1=O)NC(=O)CC[C@@H](NC(=O)OCC1c2ccccc2-c2ccccc21)C(=O)OC(C)(C)C. The number of esters is 2. The van der Waals surface area contributed by atoms with Crippen LogP contribution < -0.4 is 10.6 Å². The number of rotatable bonds is 13. The summed E-state index contributed by atoms with van der Waals surface area (Å²) < 4.78 is 16.6. The van der Waals surface area contributed by atoms with Gasteiger partial charge in [0.25, 0.3) is 5.91 Å². The third-order valence-electron chi connectivity index (χ3n) is 7.89. The van der Waals surface area contributed by atoms with Crippen LogP contribution in [0.1, 0.15) is 97.1 Å². The average Bonchev–Trinajstić information content (AvgIpc) is 3.58. The summed E-state index contributed by atoms with van der Waals surface area (Å²) in [7, 11) is 0. The van der Waals surface area contributed by atoms with Crippen molar-refractivity contribution >= 4 is 35.8 Å². The second kappa shape index (κ2) is 16.2. The fourth-order valence-corrected chi connectivity index (χ4v) is 5.72. The molecule has 1 saturated heterocycles. The fourth-order valence-electron chi connectivity index (χ4n) is 5.72. The molecule has 1 aliphatic carbocycles. The van der Waals surface area contributed by atoms with Crippen LogP contribution in [0, 0.1) is 0 Å². The highest BCUT2D eigenvalue weighted by Gasteiger charge is 2.33. The average molecular weight is 694 g/mol. The minimum atomic E-state index is -1.25. The van der Waals surface area contributed by atoms with E-state index in [1.165, 1.54) is 0 Å². The Morgan fingerprint density at radius 3 is 1.82 bits per heavy atom. The van der Waals surface area contributed by atoms with Crippen LogP contribution in [0.4, 0.5) is 4.79 Å². The van der Waals surface area contributed by atoms with E-state index in [0.717, 1.165) is 27.3 Å². The summed E-state index contributed by atoms with van der Waals surface area (Å²) >= 11 is 0. The minimum absolute atomic E-state index is 0.0211. The number of hydrogen-bond donors (Lipinski definition) is 2. The van der Waals surface area contributed by atoms with E-state index in [4.69, 9.17) is 19.0 Å². The number of amides is 3. The molecule has 2 aromatic carbocycles. The maximum Gasteiger partial charge on any atom is 0.407 e. The summed E-state index contributed by atoms with van der Waals surface area (Å²) in [5.74, 6) is -3.40. The Bertz CT molecular complexity index is 1550. The first-order valence-electron chi connectivity index (χ1n) is 16.9. The van der Waals surface area contributed by atoms with Crippen LogP contribution in [-0.2, 0) is 43.0 Å². The summed E-state index contributed by atoms with van der Waals surface area (Å²) in [6.45, 7) is 10.3. The smallest absolute Gasteiger partial charge is 0.407 e. The van der Waals surface area contributed by atoms with Gasteiger partial charge in [0.05, 0.1) is 13.0 Å². The largest absolute Gasteiger partial charge is 0.458 e. The van der Waals surface area contributed by atoms with E-state index in [-0.39, 0.29) is 50.5 Å². The first-order chi connectivity index (χ1) is 23.5. The van der Waals surface area contributed by atoms with E-state index in [1.807, 2.05) is 48.5 Å². The molecular formula is C37H47N3O10. The maximum absolute atomic E-state index is 13.1. The lowest BCUT2D eigenvalue weighted by Gasteiger charge is -2.26. The van der Waals surface area contributed by atoms with E-state index in [1.54, 1.807) is 41.5 Å². The van der Waals surface area contributed by atoms with Crippen molar-refractivity contribution < 1.29 is 47.8 Å². The lowest BCUT2D eigenvalue weighted by atomic mass is 9.98. The van der Waals surface area contributed by atoms with E-state index in [2.05, 4.69) is 10.6 Å². The van der Waals surface area contributed by atoms with Crippen LogP contribution in [0.3, 0.4) is 0 Å². The van der Waals surface area contributed by atoms with Crippen molar-refractivity contribution in [1.82, 2.24) is 15.7 Å². The van der Waals surface area contributed by atoms with Crippen LogP contribution in [-0.4, -0.2) is 77.3 Å². The second-order valence-corrected chi connectivity index (χ2v) is 14.3. The molecule has 1 heterocycles. The molecule has 0 saturated carbocycles. The van der Waals surface area contributed by atoms with E-state index < -0.39 is 53.2 Å². The molecule has 0 aromatic heterocycles. The van der Waals surface area contributed by atoms with Crippen LogP contribution >= 0.6 is 0 Å². The van der Waals surface area contributed by atoms with Gasteiger partial charge in [-0.25, -0.2) is 19.2 Å². The molecule has 2 N–H and O–H groups in total. The number of nitrogens with one attached hydrogen (secondary N) is 2. The van der Waals surface area contributed by atoms with E-state index >= 15 is 0 Å². The maximum atomic E-state index is 13.1. The summed E-state index contributed by atoms with van der Waals surface area (Å²) in [5, 5.41) is 6.12. The molecule has 1 fully saturated rings. The Labute approximate surface area is 292 Å². The Hall–Kier alpha value is -4.94. The lowest BCUT2D eigenvalue weighted by molar-refractivity contribution is -0.193. The molecule has 50 heavy (non-hydrogen) atoms. The zero-order chi connectivity index (χ0) is 36.6. The molecule has 0 bridgehead atoms. The summed E-state index contributed by atoms with van der Waals surface area (Å²) in [6, 6.07) is 13.3. The zero-order valence-electron chi connectivity index (χ0n) is 29.5. The molecule has 0 radical (unpaired) electrons. The van der Waals surface area contributed by atoms with E-state index in [0.29, 0.717) is 13.0 Å². The van der Waals surface area contributed by atoms with Gasteiger partial charge >= 0.3 is 24.0 Å². The highest BCUT2D eigenvalue weighted by Crippen LogP contribution is 2.44. The third kappa shape index (κ3) is 10.8. The van der Waals surface area contributed by atoms with Crippen molar-refractivity contribution in [3.63, 3.8) is 0 Å². The van der Waals surface area contributed by atoms with Crippen LogP contribution in [0.2, 0.25) is 0 Å². The van der Waals surface area contributed by atoms with Gasteiger partial charge in [-0.2, -0.15) is 5.06 Å². The van der Waals surface area contributed by atoms with Crippen molar-refractivity contribution in [3.8, 4) is 11.1 Å². The van der Waals surface area contributed by atoms with Gasteiger partial charge in [0.2, 0.25) is 5.91 Å². The molecule has 270 valence electrons. The number of ether oxygens (including phenoxy) is 3. The first kappa shape index (κ1) is 37.9. The highest BCUT2D eigenvalue weighted by molar-refractivity contribution is 5.87. The molecule has 2 aromatic rings. The molecule has 4 rings (SSSR count). The number of carbonyl (C=O) groups is 6. The van der Waals surface area contributed by atoms with Crippen LogP contribution in [0.15, 0.2) is 48.5 Å². The second-order valence-electron chi connectivity index (χ2n) is 14.3. The van der Waals surface area contributed by atoms with Crippen LogP contribution in [0.5, 0.6) is 0 Å². The van der Waals surface area contributed by atoms with Crippen molar-refractivity contribution in [2.45, 2.75) is 109 Å². The number of carbonyl (C=O) groups excluding carboxylic acids is 6. The summed E-state index contributed by atoms with van der Waals surface area (Å²) in [4.78, 5) is 81.7. The predicted molar refractivity (Wildman–Crippen MR) is 181 cm³/mol. The number of benzene rings is 2. The van der Waals surface area contributed by atoms with Gasteiger partial charge in [-0.05, 0) is 83.1 Å². The number of alkyl carbamates (subject to hydrolysis) is 1. The van der Waals surface area contributed by atoms with Gasteiger partial charge in [0, 0.05) is 18.8 Å². The number of hydroxylamine groups is 2. The molecule has 13 heteroatoms. The third-order valence-corrected chi connectivity index (χ3v) is 7.89. The Morgan fingerprint density at radius 1 is 0.780 bits per heavy atom. The zero-order valence-corrected chi connectivity index (χ0v) is 29.5. The Kier molecular flexibility index (Phi) is 12.3. The molecule has 0 spiro atoms. The van der Waals surface area contributed by atoms with Crippen molar-refractivity contribution in [2.24, 2.45) is 0 Å². The van der Waals surface area contributed by atoms with Crippen molar-refractivity contribution in [3.05, 3.63) is 59.7 Å². The molecule has 0 unspecified atom stereocenters. The summed E-state index contributed by atoms with van der Waals surface area (Å²) in [5.41, 5.74) is 2.43. The highest BCUT2D eigenvalue weighted by atomic mass is 16.7. The van der Waals surface area contributed by atoms with Crippen molar-refractivity contribution in [2.75, 3.05) is 13.2 Å². The normalized spacial score (nSPS) is 15.3. The van der Waals surface area contributed by atoms with Gasteiger partial charge in [0.15, 0.2) is 0 Å². The molecule has 2 aliphatic rings. The topological polar surface area (TPSA) is 167 Å². The molecule has 2 atom stereocenters. The standard InChI is InChI=1S/C37H47N3O10/c1-36(2,3)48-33(44)28(18-20-32(43)50-40-21-11-16-31(40)42)38-30(41)19-17-29(34(45)49-37(4,5)6)39-35(46)47-22-27-25-14-9-7-12-23(25)24-13-8-10-15-26(24)27/h7-10,12-15,27-29H,11,16-22H2,1-6H3,(H,38,41)(H,39,46)/t28-,29-/m1/s1. The van der Waals surface area contributed by atoms with Gasteiger partial charge in [-0.15, -0.1) is 0 Å². The van der Waals surface area contributed by atoms with E-state index in [9.17, 15) is 28.8 Å². The Morgan fingerprint density at radius 2 is 1.30 bits per heavy atom. The van der Waals surface area contributed by atoms with Crippen LogP contribution in [0.25, 0.3) is 11.1 Å². The number of nitrogens with zero attached hydrogens (tertiary/aromatic N) is 1. The van der Waals surface area contributed by atoms with Gasteiger partial charge in [-0.3, -0.25) is 9.59 Å². The molecule has 3 amide bonds. The first-order valence-corrected chi connectivity index (χ1v) is 16.9. The monoisotopic (exact) mass is 693 g/mol. The molecule has 13 nitrogen and oxygen atoms in total. The Balaban J connectivity index is 1.37. The molecule has 1 aliphatic heterocycles. The van der Waals surface area contributed by atoms with Crippen molar-refractivity contribution in [1.29, 1.82) is 0 Å².